The van der Waals surface area contributed by atoms with Crippen molar-refractivity contribution in [2.45, 2.75) is 30.6 Å². The van der Waals surface area contributed by atoms with Crippen molar-refractivity contribution in [3.63, 3.8) is 0 Å². The SMILES string of the molecule is CCc1ccc(S(=O)(=O)N2CC[C@@H](c3nc4cccnc4n3C)C2)cc1. The summed E-state index contributed by atoms with van der Waals surface area (Å²) in [5.41, 5.74) is 2.82. The molecule has 0 spiro atoms. The zero-order chi connectivity index (χ0) is 18.3. The first-order valence-electron chi connectivity index (χ1n) is 8.87. The Kier molecular flexibility index (Phi) is 4.28. The van der Waals surface area contributed by atoms with Gasteiger partial charge in [-0.3, -0.25) is 0 Å². The second-order valence-corrected chi connectivity index (χ2v) is 8.66. The number of pyridine rings is 1. The third-order valence-corrected chi connectivity index (χ3v) is 7.03. The first-order chi connectivity index (χ1) is 12.5. The van der Waals surface area contributed by atoms with E-state index >= 15 is 0 Å². The molecule has 0 bridgehead atoms. The van der Waals surface area contributed by atoms with Gasteiger partial charge in [0.05, 0.1) is 4.90 Å². The van der Waals surface area contributed by atoms with Crippen molar-refractivity contribution in [2.24, 2.45) is 7.05 Å². The lowest BCUT2D eigenvalue weighted by molar-refractivity contribution is 0.470. The summed E-state index contributed by atoms with van der Waals surface area (Å²) in [5, 5.41) is 0. The standard InChI is InChI=1S/C19H22N4O2S/c1-3-14-6-8-16(9-7-14)26(24,25)23-12-10-15(13-23)18-21-17-5-4-11-20-19(17)22(18)2/h4-9,11,15H,3,10,12-13H2,1-2H3/t15-/m1/s1. The lowest BCUT2D eigenvalue weighted by atomic mass is 10.1. The maximum absolute atomic E-state index is 13.0. The maximum atomic E-state index is 13.0. The van der Waals surface area contributed by atoms with Gasteiger partial charge in [0.2, 0.25) is 10.0 Å². The number of sulfonamides is 1. The number of imidazole rings is 1. The van der Waals surface area contributed by atoms with Gasteiger partial charge in [0.1, 0.15) is 11.3 Å². The second kappa shape index (κ2) is 6.48. The Balaban J connectivity index is 1.60. The fraction of sp³-hybridized carbons (Fsp3) is 0.368. The average molecular weight is 370 g/mol. The molecule has 1 atom stereocenters. The van der Waals surface area contributed by atoms with Crippen LogP contribution in [0, 0.1) is 0 Å². The fourth-order valence-corrected chi connectivity index (χ4v) is 5.11. The van der Waals surface area contributed by atoms with Gasteiger partial charge in [0, 0.05) is 32.3 Å². The van der Waals surface area contributed by atoms with Crippen molar-refractivity contribution >= 4 is 21.2 Å². The highest BCUT2D eigenvalue weighted by Crippen LogP contribution is 2.31. The number of benzene rings is 1. The summed E-state index contributed by atoms with van der Waals surface area (Å²) in [4.78, 5) is 9.42. The average Bonchev–Trinajstić information content (AvgIpc) is 3.28. The smallest absolute Gasteiger partial charge is 0.243 e. The van der Waals surface area contributed by atoms with Crippen molar-refractivity contribution in [3.8, 4) is 0 Å². The minimum absolute atomic E-state index is 0.0823. The molecule has 4 rings (SSSR count). The quantitative estimate of drug-likeness (QED) is 0.708. The van der Waals surface area contributed by atoms with Crippen molar-refractivity contribution in [1.29, 1.82) is 0 Å². The Hall–Kier alpha value is -2.25. The molecular formula is C19H22N4O2S. The van der Waals surface area contributed by atoms with Crippen molar-refractivity contribution < 1.29 is 8.42 Å². The van der Waals surface area contributed by atoms with Crippen molar-refractivity contribution in [3.05, 3.63) is 54.0 Å². The van der Waals surface area contributed by atoms with Gasteiger partial charge in [-0.1, -0.05) is 19.1 Å². The highest BCUT2D eigenvalue weighted by Gasteiger charge is 2.35. The van der Waals surface area contributed by atoms with Crippen LogP contribution in [0.3, 0.4) is 0 Å². The van der Waals surface area contributed by atoms with Crippen LogP contribution in [0.25, 0.3) is 11.2 Å². The Morgan fingerprint density at radius 2 is 1.96 bits per heavy atom. The highest BCUT2D eigenvalue weighted by atomic mass is 32.2. The zero-order valence-electron chi connectivity index (χ0n) is 15.0. The molecule has 0 radical (unpaired) electrons. The van der Waals surface area contributed by atoms with E-state index < -0.39 is 10.0 Å². The molecule has 1 aliphatic rings. The molecule has 6 nitrogen and oxygen atoms in total. The molecule has 0 amide bonds. The summed E-state index contributed by atoms with van der Waals surface area (Å²) in [5.74, 6) is 0.983. The summed E-state index contributed by atoms with van der Waals surface area (Å²) >= 11 is 0. The molecule has 0 unspecified atom stereocenters. The Bertz CT molecular complexity index is 1040. The number of hydrogen-bond acceptors (Lipinski definition) is 4. The van der Waals surface area contributed by atoms with Crippen LogP contribution in [0.2, 0.25) is 0 Å². The number of aromatic nitrogens is 3. The van der Waals surface area contributed by atoms with Gasteiger partial charge >= 0.3 is 0 Å². The summed E-state index contributed by atoms with van der Waals surface area (Å²) in [6.45, 7) is 3.02. The second-order valence-electron chi connectivity index (χ2n) is 6.72. The van der Waals surface area contributed by atoms with E-state index in [1.165, 1.54) is 0 Å². The molecule has 3 heterocycles. The molecule has 1 saturated heterocycles. The van der Waals surface area contributed by atoms with Crippen LogP contribution in [0.15, 0.2) is 47.5 Å². The van der Waals surface area contributed by atoms with Gasteiger partial charge in [0.15, 0.2) is 5.65 Å². The van der Waals surface area contributed by atoms with Crippen LogP contribution in [-0.4, -0.2) is 40.3 Å². The van der Waals surface area contributed by atoms with Crippen LogP contribution in [0.4, 0.5) is 0 Å². The number of nitrogens with zero attached hydrogens (tertiary/aromatic N) is 4. The number of hydrogen-bond donors (Lipinski definition) is 0. The minimum Gasteiger partial charge on any atom is -0.316 e. The van der Waals surface area contributed by atoms with Crippen LogP contribution in [0.1, 0.15) is 30.7 Å². The van der Waals surface area contributed by atoms with Gasteiger partial charge in [-0.05, 0) is 42.7 Å². The first kappa shape index (κ1) is 17.2. The van der Waals surface area contributed by atoms with Crippen LogP contribution in [-0.2, 0) is 23.5 Å². The molecule has 1 fully saturated rings. The largest absolute Gasteiger partial charge is 0.316 e. The van der Waals surface area contributed by atoms with Gasteiger partial charge in [-0.25, -0.2) is 18.4 Å². The van der Waals surface area contributed by atoms with Crippen molar-refractivity contribution in [2.75, 3.05) is 13.1 Å². The van der Waals surface area contributed by atoms with E-state index in [9.17, 15) is 8.42 Å². The van der Waals surface area contributed by atoms with E-state index in [0.717, 1.165) is 35.4 Å². The van der Waals surface area contributed by atoms with E-state index in [2.05, 4.69) is 16.9 Å². The third kappa shape index (κ3) is 2.81. The molecule has 0 aliphatic carbocycles. The molecule has 1 aromatic carbocycles. The van der Waals surface area contributed by atoms with Gasteiger partial charge in [-0.15, -0.1) is 0 Å². The van der Waals surface area contributed by atoms with Gasteiger partial charge < -0.3 is 4.57 Å². The molecular weight excluding hydrogens is 348 g/mol. The first-order valence-corrected chi connectivity index (χ1v) is 10.3. The molecule has 3 aromatic rings. The molecule has 7 heteroatoms. The van der Waals surface area contributed by atoms with Crippen LogP contribution < -0.4 is 0 Å². The predicted octanol–water partition coefficient (Wildman–Crippen LogP) is 2.71. The molecule has 26 heavy (non-hydrogen) atoms. The van der Waals surface area contributed by atoms with E-state index in [1.54, 1.807) is 22.6 Å². The minimum atomic E-state index is -3.47. The van der Waals surface area contributed by atoms with Crippen LogP contribution in [0.5, 0.6) is 0 Å². The molecule has 1 aliphatic heterocycles. The van der Waals surface area contributed by atoms with Crippen molar-refractivity contribution in [1.82, 2.24) is 18.8 Å². The van der Waals surface area contributed by atoms with Gasteiger partial charge in [-0.2, -0.15) is 4.31 Å². The predicted molar refractivity (Wildman–Crippen MR) is 100 cm³/mol. The lowest BCUT2D eigenvalue weighted by Crippen LogP contribution is -2.29. The zero-order valence-corrected chi connectivity index (χ0v) is 15.8. The Morgan fingerprint density at radius 3 is 2.65 bits per heavy atom. The fourth-order valence-electron chi connectivity index (χ4n) is 3.61. The molecule has 0 saturated carbocycles. The highest BCUT2D eigenvalue weighted by molar-refractivity contribution is 7.89. The van der Waals surface area contributed by atoms with Crippen LogP contribution >= 0.6 is 0 Å². The number of rotatable bonds is 4. The topological polar surface area (TPSA) is 68.1 Å². The summed E-state index contributed by atoms with van der Waals surface area (Å²) in [6.07, 6.45) is 3.41. The van der Waals surface area contributed by atoms with E-state index in [1.807, 2.05) is 35.9 Å². The molecule has 2 aromatic heterocycles. The normalized spacial score (nSPS) is 18.6. The van der Waals surface area contributed by atoms with E-state index in [4.69, 9.17) is 0 Å². The summed E-state index contributed by atoms with van der Waals surface area (Å²) in [6, 6.07) is 11.0. The van der Waals surface area contributed by atoms with E-state index in [0.29, 0.717) is 18.0 Å². The Morgan fingerprint density at radius 1 is 1.19 bits per heavy atom. The summed E-state index contributed by atoms with van der Waals surface area (Å²) < 4.78 is 29.5. The Labute approximate surface area is 153 Å². The maximum Gasteiger partial charge on any atom is 0.243 e. The van der Waals surface area contributed by atoms with Gasteiger partial charge in [0.25, 0.3) is 0 Å². The molecule has 136 valence electrons. The lowest BCUT2D eigenvalue weighted by Gasteiger charge is -2.17. The third-order valence-electron chi connectivity index (χ3n) is 5.15. The number of aryl methyl sites for hydroxylation is 2. The molecule has 0 N–H and O–H groups in total. The number of fused-ring (bicyclic) bond motifs is 1. The monoisotopic (exact) mass is 370 g/mol. The van der Waals surface area contributed by atoms with E-state index in [-0.39, 0.29) is 5.92 Å². The summed E-state index contributed by atoms with van der Waals surface area (Å²) in [7, 11) is -1.52.